The molecule has 1 heterocycles. The lowest BCUT2D eigenvalue weighted by Crippen LogP contribution is -2.13. The first-order valence-electron chi connectivity index (χ1n) is 5.88. The average molecular weight is 300 g/mol. The number of aryl methyl sites for hydroxylation is 1. The van der Waals surface area contributed by atoms with Crippen LogP contribution in [-0.4, -0.2) is 4.98 Å². The predicted octanol–water partition coefficient (Wildman–Crippen LogP) is 3.58. The van der Waals surface area contributed by atoms with Crippen LogP contribution in [0.5, 0.6) is 0 Å². The number of aromatic nitrogens is 1. The Morgan fingerprint density at radius 3 is 2.33 bits per heavy atom. The van der Waals surface area contributed by atoms with Gasteiger partial charge in [0.25, 0.3) is 0 Å². The van der Waals surface area contributed by atoms with Crippen LogP contribution in [0, 0.1) is 12.7 Å². The third kappa shape index (κ3) is 3.60. The van der Waals surface area contributed by atoms with E-state index in [0.717, 1.165) is 12.1 Å². The quantitative estimate of drug-likeness (QED) is 0.460. The minimum Gasteiger partial charge on any atom is -0.340 e. The fourth-order valence-electron chi connectivity index (χ4n) is 1.70. The van der Waals surface area contributed by atoms with Gasteiger partial charge in [0.05, 0.1) is 5.56 Å². The molecule has 4 nitrogen and oxygen atoms in total. The Morgan fingerprint density at radius 2 is 1.76 bits per heavy atom. The molecule has 0 saturated carbocycles. The number of alkyl halides is 3. The zero-order valence-corrected chi connectivity index (χ0v) is 10.9. The van der Waals surface area contributed by atoms with Crippen molar-refractivity contribution in [3.05, 3.63) is 47.3 Å². The summed E-state index contributed by atoms with van der Waals surface area (Å²) in [7, 11) is 0. The molecule has 1 aromatic heterocycles. The first kappa shape index (κ1) is 15.0. The maximum atomic E-state index is 13.2. The summed E-state index contributed by atoms with van der Waals surface area (Å²) in [5.41, 5.74) is 1.96. The van der Waals surface area contributed by atoms with Crippen LogP contribution >= 0.6 is 0 Å². The third-order valence-electron chi connectivity index (χ3n) is 2.73. The number of hydrazine groups is 1. The van der Waals surface area contributed by atoms with Crippen molar-refractivity contribution < 1.29 is 17.6 Å². The molecule has 0 fully saturated rings. The van der Waals surface area contributed by atoms with Crippen molar-refractivity contribution in [3.63, 3.8) is 0 Å². The normalized spacial score (nSPS) is 11.3. The molecule has 2 aromatic rings. The Kier molecular flexibility index (Phi) is 3.99. The highest BCUT2D eigenvalue weighted by Crippen LogP contribution is 2.32. The van der Waals surface area contributed by atoms with Gasteiger partial charge in [-0.15, -0.1) is 0 Å². The number of hydrogen-bond donors (Lipinski definition) is 3. The van der Waals surface area contributed by atoms with Crippen molar-refractivity contribution >= 4 is 17.3 Å². The standard InChI is InChI=1S/C13H12F4N4/c1-7-4-9(2-3-10(7)14)19-11-5-8(13(15,16)17)6-12(20-11)21-18/h2-6H,18H2,1H3,(H2,19,20,21). The molecule has 4 N–H and O–H groups in total. The Morgan fingerprint density at radius 1 is 1.10 bits per heavy atom. The van der Waals surface area contributed by atoms with E-state index in [1.807, 2.05) is 0 Å². The van der Waals surface area contributed by atoms with E-state index in [9.17, 15) is 17.6 Å². The Bertz CT molecular complexity index is 655. The van der Waals surface area contributed by atoms with Crippen LogP contribution in [0.2, 0.25) is 0 Å². The number of nitrogens with one attached hydrogen (secondary N) is 2. The molecule has 0 aliphatic heterocycles. The largest absolute Gasteiger partial charge is 0.416 e. The van der Waals surface area contributed by atoms with Crippen molar-refractivity contribution in [2.24, 2.45) is 5.84 Å². The zero-order valence-electron chi connectivity index (χ0n) is 10.9. The van der Waals surface area contributed by atoms with Gasteiger partial charge >= 0.3 is 6.18 Å². The molecule has 0 amide bonds. The molecular formula is C13H12F4N4. The summed E-state index contributed by atoms with van der Waals surface area (Å²) in [6.45, 7) is 1.55. The molecule has 0 atom stereocenters. The van der Waals surface area contributed by atoms with Gasteiger partial charge in [-0.1, -0.05) is 0 Å². The monoisotopic (exact) mass is 300 g/mol. The molecule has 0 aliphatic rings. The summed E-state index contributed by atoms with van der Waals surface area (Å²) in [5, 5.41) is 2.69. The fourth-order valence-corrected chi connectivity index (χ4v) is 1.70. The van der Waals surface area contributed by atoms with E-state index in [-0.39, 0.29) is 11.6 Å². The van der Waals surface area contributed by atoms with E-state index in [4.69, 9.17) is 5.84 Å². The second kappa shape index (κ2) is 5.57. The van der Waals surface area contributed by atoms with E-state index >= 15 is 0 Å². The number of pyridine rings is 1. The number of nitrogens with two attached hydrogens (primary N) is 1. The van der Waals surface area contributed by atoms with Crippen LogP contribution < -0.4 is 16.6 Å². The van der Waals surface area contributed by atoms with Crippen LogP contribution in [0.4, 0.5) is 34.9 Å². The van der Waals surface area contributed by atoms with Crippen LogP contribution in [0.25, 0.3) is 0 Å². The molecule has 8 heteroatoms. The summed E-state index contributed by atoms with van der Waals surface area (Å²) in [6.07, 6.45) is -4.52. The first-order valence-corrected chi connectivity index (χ1v) is 5.88. The molecule has 0 saturated heterocycles. The summed E-state index contributed by atoms with van der Waals surface area (Å²) < 4.78 is 51.5. The third-order valence-corrected chi connectivity index (χ3v) is 2.73. The van der Waals surface area contributed by atoms with Crippen molar-refractivity contribution in [2.45, 2.75) is 13.1 Å². The highest BCUT2D eigenvalue weighted by molar-refractivity contribution is 5.60. The molecule has 1 aromatic carbocycles. The van der Waals surface area contributed by atoms with Gasteiger partial charge in [0.1, 0.15) is 17.5 Å². The van der Waals surface area contributed by atoms with Crippen molar-refractivity contribution in [3.8, 4) is 0 Å². The predicted molar refractivity (Wildman–Crippen MR) is 71.5 cm³/mol. The SMILES string of the molecule is Cc1cc(Nc2cc(C(F)(F)F)cc(NN)n2)ccc1F. The highest BCUT2D eigenvalue weighted by atomic mass is 19.4. The summed E-state index contributed by atoms with van der Waals surface area (Å²) in [6, 6.07) is 5.72. The van der Waals surface area contributed by atoms with E-state index in [1.165, 1.54) is 18.2 Å². The number of rotatable bonds is 3. The lowest BCUT2D eigenvalue weighted by atomic mass is 10.2. The average Bonchev–Trinajstić information content (AvgIpc) is 2.41. The summed E-state index contributed by atoms with van der Waals surface area (Å²) >= 11 is 0. The van der Waals surface area contributed by atoms with Crippen LogP contribution in [0.15, 0.2) is 30.3 Å². The van der Waals surface area contributed by atoms with Gasteiger partial charge in [-0.3, -0.25) is 0 Å². The smallest absolute Gasteiger partial charge is 0.340 e. The molecule has 0 aliphatic carbocycles. The first-order chi connectivity index (χ1) is 9.79. The van der Waals surface area contributed by atoms with Gasteiger partial charge in [-0.05, 0) is 42.8 Å². The lowest BCUT2D eigenvalue weighted by Gasteiger charge is -2.13. The maximum absolute atomic E-state index is 13.2. The van der Waals surface area contributed by atoms with Crippen LogP contribution in [0.3, 0.4) is 0 Å². The summed E-state index contributed by atoms with van der Waals surface area (Å²) in [5.74, 6) is 4.52. The maximum Gasteiger partial charge on any atom is 0.416 e. The number of nitrogen functional groups attached to an aromatic ring is 1. The van der Waals surface area contributed by atoms with Gasteiger partial charge in [0.15, 0.2) is 0 Å². The molecule has 112 valence electrons. The molecule has 21 heavy (non-hydrogen) atoms. The van der Waals surface area contributed by atoms with E-state index in [1.54, 1.807) is 6.92 Å². The Labute approximate surface area is 118 Å². The number of halogens is 4. The number of benzene rings is 1. The van der Waals surface area contributed by atoms with Gasteiger partial charge in [-0.25, -0.2) is 15.2 Å². The van der Waals surface area contributed by atoms with E-state index in [2.05, 4.69) is 15.7 Å². The van der Waals surface area contributed by atoms with Crippen molar-refractivity contribution in [1.29, 1.82) is 0 Å². The van der Waals surface area contributed by atoms with Gasteiger partial charge in [0, 0.05) is 5.69 Å². The molecule has 0 spiro atoms. The number of hydrogen-bond acceptors (Lipinski definition) is 4. The fraction of sp³-hybridized carbons (Fsp3) is 0.154. The van der Waals surface area contributed by atoms with Crippen molar-refractivity contribution in [1.82, 2.24) is 4.98 Å². The molecule has 0 radical (unpaired) electrons. The van der Waals surface area contributed by atoms with Crippen molar-refractivity contribution in [2.75, 3.05) is 10.7 Å². The molecule has 0 unspecified atom stereocenters. The van der Waals surface area contributed by atoms with Crippen LogP contribution in [-0.2, 0) is 6.18 Å². The lowest BCUT2D eigenvalue weighted by molar-refractivity contribution is -0.137. The summed E-state index contributed by atoms with van der Waals surface area (Å²) in [4.78, 5) is 3.87. The highest BCUT2D eigenvalue weighted by Gasteiger charge is 2.31. The molecular weight excluding hydrogens is 288 g/mol. The molecule has 2 rings (SSSR count). The van der Waals surface area contributed by atoms with Gasteiger partial charge in [0.2, 0.25) is 0 Å². The Balaban J connectivity index is 2.36. The topological polar surface area (TPSA) is 63.0 Å². The number of anilines is 3. The molecule has 0 bridgehead atoms. The van der Waals surface area contributed by atoms with Crippen LogP contribution in [0.1, 0.15) is 11.1 Å². The van der Waals surface area contributed by atoms with Gasteiger partial charge < -0.3 is 10.7 Å². The Hall–Kier alpha value is -2.35. The second-order valence-electron chi connectivity index (χ2n) is 4.36. The minimum atomic E-state index is -4.52. The zero-order chi connectivity index (χ0) is 15.6. The second-order valence-corrected chi connectivity index (χ2v) is 4.36. The van der Waals surface area contributed by atoms with E-state index < -0.39 is 17.6 Å². The van der Waals surface area contributed by atoms with E-state index in [0.29, 0.717) is 11.3 Å². The van der Waals surface area contributed by atoms with Gasteiger partial charge in [-0.2, -0.15) is 13.2 Å². The minimum absolute atomic E-state index is 0.0521. The number of nitrogens with zero attached hydrogens (tertiary/aromatic N) is 1.